The maximum atomic E-state index is 13.5. The van der Waals surface area contributed by atoms with Crippen LogP contribution in [0.3, 0.4) is 0 Å². The first kappa shape index (κ1) is 43.5. The van der Waals surface area contributed by atoms with E-state index in [1.165, 1.54) is 35.5 Å². The van der Waals surface area contributed by atoms with Gasteiger partial charge in [0.2, 0.25) is 5.90 Å². The topological polar surface area (TPSA) is 184 Å². The molecule has 2 aromatic carbocycles. The molecule has 0 saturated carbocycles. The van der Waals surface area contributed by atoms with Gasteiger partial charge in [-0.3, -0.25) is 24.5 Å². The molecule has 53 heavy (non-hydrogen) atoms. The molecule has 0 radical (unpaired) electrons. The second-order valence-electron chi connectivity index (χ2n) is 12.3. The molecular weight excluding hydrogens is 748 g/mol. The van der Waals surface area contributed by atoms with Gasteiger partial charge < -0.3 is 30.3 Å². The van der Waals surface area contributed by atoms with Gasteiger partial charge in [0.05, 0.1) is 47.1 Å². The molecule has 13 nitrogen and oxygen atoms in total. The van der Waals surface area contributed by atoms with Gasteiger partial charge in [-0.05, 0) is 88.0 Å². The zero-order valence-electron chi connectivity index (χ0n) is 30.5. The number of phenolic OH excluding ortho intramolecular Hbond substituents is 1. The maximum absolute atomic E-state index is 13.5. The number of imidazole rings is 1. The van der Waals surface area contributed by atoms with Crippen molar-refractivity contribution in [2.75, 3.05) is 45.4 Å². The summed E-state index contributed by atoms with van der Waals surface area (Å²) in [6, 6.07) is 5.58. The number of nitrogens with zero attached hydrogens (tertiary/aromatic N) is 4. The number of amides is 1. The lowest BCUT2D eigenvalue weighted by Gasteiger charge is -2.23. The number of ether oxygens (including phenoxy) is 2. The highest BCUT2D eigenvalue weighted by Crippen LogP contribution is 2.35. The average molecular weight is 796 g/mol. The number of esters is 1. The fourth-order valence-corrected chi connectivity index (χ4v) is 6.83. The maximum Gasteiger partial charge on any atom is 0.358 e. The van der Waals surface area contributed by atoms with Gasteiger partial charge in [0.25, 0.3) is 5.91 Å². The van der Waals surface area contributed by atoms with Gasteiger partial charge in [-0.1, -0.05) is 30.1 Å². The van der Waals surface area contributed by atoms with Crippen LogP contribution in [-0.4, -0.2) is 111 Å². The van der Waals surface area contributed by atoms with E-state index in [4.69, 9.17) is 48.9 Å². The van der Waals surface area contributed by atoms with Crippen LogP contribution in [0.1, 0.15) is 77.2 Å². The van der Waals surface area contributed by atoms with Crippen LogP contribution >= 0.6 is 35.0 Å². The third-order valence-electron chi connectivity index (χ3n) is 8.65. The Morgan fingerprint density at radius 1 is 1.21 bits per heavy atom. The Hall–Kier alpha value is -3.89. The molecule has 1 fully saturated rings. The SMILES string of the molecule is CCN1CCCC1COC(=N)c1c(C)c(Cl)cc(Cl)c1O.CCOC(=O)c1ncn2c1CN([11CH3])C(=O)c1cc(F)ccc1-2.[11CH3]SCC[C@H](N)CC(=O)O. The van der Waals surface area contributed by atoms with Gasteiger partial charge in [0, 0.05) is 24.2 Å². The van der Waals surface area contributed by atoms with Crippen molar-refractivity contribution in [1.29, 1.82) is 5.41 Å². The van der Waals surface area contributed by atoms with E-state index < -0.39 is 17.8 Å². The van der Waals surface area contributed by atoms with Crippen molar-refractivity contribution in [2.45, 2.75) is 65.1 Å². The number of aromatic hydroxyl groups is 1. The Labute approximate surface area is 323 Å². The number of halogens is 3. The van der Waals surface area contributed by atoms with Gasteiger partial charge in [0.1, 0.15) is 24.5 Å². The highest BCUT2D eigenvalue weighted by atomic mass is 35.5. The fourth-order valence-electron chi connectivity index (χ4n) is 5.82. The standard InChI is InChI=1S/C15H20Cl2N2O2.C15H14FN3O3.C6H13NO2S/c1-3-19-6-4-5-10(19)8-21-15(18)13-9(2)11(16)7-12(17)14(13)20;1-3-22-15(21)13-12-7-18(2)14(20)10-6-9(16)4-5-11(10)19(12)8-17-13;1-10-3-2-5(7)4-6(8)9/h7,10,18,20H,3-6,8H2,1-2H3;4-6,8H,3,7H2,1-2H3;5H,2-4,7H2,1H3,(H,8,9)/t;;5-/m..0/s1/i;2-1;1-1. The number of likely N-dealkylation sites (tertiary alicyclic amines) is 1. The first-order valence-electron chi connectivity index (χ1n) is 17.0. The third kappa shape index (κ3) is 11.5. The van der Waals surface area contributed by atoms with E-state index in [-0.39, 0.29) is 65.0 Å². The van der Waals surface area contributed by atoms with Crippen molar-refractivity contribution in [3.8, 4) is 11.4 Å². The van der Waals surface area contributed by atoms with E-state index in [0.717, 1.165) is 38.1 Å². The number of nitrogens with two attached hydrogens (primary N) is 1. The summed E-state index contributed by atoms with van der Waals surface area (Å²) in [7, 11) is 1.59. The second-order valence-corrected chi connectivity index (χ2v) is 14.1. The molecular formula is C36H47Cl2FN6O7S. The molecule has 3 heterocycles. The first-order chi connectivity index (χ1) is 25.1. The molecule has 5 rings (SSSR count). The minimum absolute atomic E-state index is 0.0839. The van der Waals surface area contributed by atoms with Gasteiger partial charge in [-0.15, -0.1) is 0 Å². The summed E-state index contributed by atoms with van der Waals surface area (Å²) in [6.45, 7) is 8.48. The minimum atomic E-state index is -0.811. The second kappa shape index (κ2) is 20.5. The quantitative estimate of drug-likeness (QED) is 0.0992. The number of fused-ring (bicyclic) bond motifs is 3. The van der Waals surface area contributed by atoms with Crippen LogP contribution in [0.15, 0.2) is 30.6 Å². The van der Waals surface area contributed by atoms with E-state index in [1.807, 2.05) is 6.26 Å². The van der Waals surface area contributed by atoms with E-state index in [9.17, 15) is 23.9 Å². The number of aromatic nitrogens is 2. The number of carbonyl (C=O) groups excluding carboxylic acids is 2. The number of likely N-dealkylation sites (N-methyl/N-ethyl adjacent to an activating group) is 1. The molecule has 290 valence electrons. The highest BCUT2D eigenvalue weighted by molar-refractivity contribution is 7.98. The molecule has 0 spiro atoms. The molecule has 2 aliphatic heterocycles. The third-order valence-corrected chi connectivity index (χ3v) is 9.97. The largest absolute Gasteiger partial charge is 0.506 e. The molecule has 2 aliphatic rings. The zero-order chi connectivity index (χ0) is 39.4. The predicted octanol–water partition coefficient (Wildman–Crippen LogP) is 6.15. The van der Waals surface area contributed by atoms with Crippen LogP contribution in [0.25, 0.3) is 5.69 Å². The molecule has 17 heteroatoms. The number of benzene rings is 2. The lowest BCUT2D eigenvalue weighted by atomic mass is 10.1. The van der Waals surface area contributed by atoms with Crippen LogP contribution < -0.4 is 5.73 Å². The van der Waals surface area contributed by atoms with Crippen LogP contribution in [0, 0.1) is 18.2 Å². The van der Waals surface area contributed by atoms with Crippen molar-refractivity contribution in [3.63, 3.8) is 0 Å². The van der Waals surface area contributed by atoms with Gasteiger partial charge in [0.15, 0.2) is 5.69 Å². The summed E-state index contributed by atoms with van der Waals surface area (Å²) in [5.41, 5.74) is 7.77. The number of hydrogen-bond acceptors (Lipinski definition) is 11. The van der Waals surface area contributed by atoms with E-state index in [0.29, 0.717) is 34.6 Å². The number of nitrogens with one attached hydrogen (secondary N) is 1. The molecule has 2 atom stereocenters. The zero-order valence-corrected chi connectivity index (χ0v) is 32.8. The smallest absolute Gasteiger partial charge is 0.358 e. The van der Waals surface area contributed by atoms with E-state index >= 15 is 0 Å². The first-order valence-corrected chi connectivity index (χ1v) is 19.2. The van der Waals surface area contributed by atoms with Crippen molar-refractivity contribution in [3.05, 3.63) is 74.5 Å². The van der Waals surface area contributed by atoms with Gasteiger partial charge >= 0.3 is 11.9 Å². The number of phenols is 1. The molecule has 0 aliphatic carbocycles. The Balaban J connectivity index is 0.000000230. The summed E-state index contributed by atoms with van der Waals surface area (Å²) in [5.74, 6) is -1.45. The Morgan fingerprint density at radius 3 is 2.57 bits per heavy atom. The van der Waals surface area contributed by atoms with Crippen molar-refractivity contribution in [1.82, 2.24) is 19.4 Å². The molecule has 5 N–H and O–H groups in total. The molecule has 1 amide bonds. The fraction of sp³-hybridized carbons (Fsp3) is 0.472. The normalized spacial score (nSPS) is 15.5. The molecule has 3 aromatic rings. The summed E-state index contributed by atoms with van der Waals surface area (Å²) < 4.78 is 25.7. The molecule has 0 bridgehead atoms. The highest BCUT2D eigenvalue weighted by Gasteiger charge is 2.29. The number of thioether (sulfide) groups is 1. The van der Waals surface area contributed by atoms with E-state index in [2.05, 4.69) is 16.8 Å². The summed E-state index contributed by atoms with van der Waals surface area (Å²) in [5, 5.41) is 27.0. The Morgan fingerprint density at radius 2 is 1.92 bits per heavy atom. The summed E-state index contributed by atoms with van der Waals surface area (Å²) >= 11 is 13.6. The van der Waals surface area contributed by atoms with Crippen molar-refractivity contribution >= 4 is 58.7 Å². The number of carboxylic acid groups (broad SMARTS) is 1. The lowest BCUT2D eigenvalue weighted by molar-refractivity contribution is -0.137. The number of carboxylic acids is 1. The number of aliphatic carboxylic acids is 1. The summed E-state index contributed by atoms with van der Waals surface area (Å²) in [4.78, 5) is 42.3. The minimum Gasteiger partial charge on any atom is -0.506 e. The number of rotatable bonds is 11. The molecule has 1 saturated heterocycles. The lowest BCUT2D eigenvalue weighted by Crippen LogP contribution is -2.33. The molecule has 1 unspecified atom stereocenters. The average Bonchev–Trinajstić information content (AvgIpc) is 3.73. The van der Waals surface area contributed by atoms with Gasteiger partial charge in [-0.2, -0.15) is 11.8 Å². The Bertz CT molecular complexity index is 1750. The Kier molecular flexibility index (Phi) is 16.9. The monoisotopic (exact) mass is 794 g/mol. The van der Waals surface area contributed by atoms with Crippen LogP contribution in [0.4, 0.5) is 4.39 Å². The number of carbonyl (C=O) groups is 3. The summed E-state index contributed by atoms with van der Waals surface area (Å²) in [6.07, 6.45) is 6.52. The van der Waals surface area contributed by atoms with Crippen LogP contribution in [-0.2, 0) is 20.8 Å². The van der Waals surface area contributed by atoms with Crippen LogP contribution in [0.2, 0.25) is 10.0 Å². The van der Waals surface area contributed by atoms with Gasteiger partial charge in [-0.25, -0.2) is 14.2 Å². The molecule has 1 aromatic heterocycles. The van der Waals surface area contributed by atoms with E-state index in [1.54, 1.807) is 37.2 Å². The van der Waals surface area contributed by atoms with Crippen molar-refractivity contribution < 1.29 is 38.5 Å². The number of hydrogen-bond donors (Lipinski definition) is 4. The van der Waals surface area contributed by atoms with Crippen LogP contribution in [0.5, 0.6) is 5.75 Å². The van der Waals surface area contributed by atoms with Crippen molar-refractivity contribution in [2.24, 2.45) is 5.73 Å². The predicted molar refractivity (Wildman–Crippen MR) is 204 cm³/mol.